The highest BCUT2D eigenvalue weighted by atomic mass is 19.4. The van der Waals surface area contributed by atoms with Crippen LogP contribution in [0.5, 0.6) is 0 Å². The molecule has 2 aromatic carbocycles. The van der Waals surface area contributed by atoms with Crippen LogP contribution in [0.3, 0.4) is 0 Å². The minimum atomic E-state index is -4.62. The molecule has 0 atom stereocenters. The van der Waals surface area contributed by atoms with Crippen LogP contribution in [0, 0.1) is 10.1 Å². The van der Waals surface area contributed by atoms with Crippen molar-refractivity contribution in [1.29, 1.82) is 0 Å². The van der Waals surface area contributed by atoms with Gasteiger partial charge in [-0.15, -0.1) is 0 Å². The number of nitro benzene ring substituents is 1. The molecule has 0 unspecified atom stereocenters. The summed E-state index contributed by atoms with van der Waals surface area (Å²) in [6, 6.07) is 13.0. The van der Waals surface area contributed by atoms with Crippen LogP contribution in [0.1, 0.15) is 27.4 Å². The molecule has 4 aromatic rings. The van der Waals surface area contributed by atoms with Crippen molar-refractivity contribution in [2.24, 2.45) is 0 Å². The summed E-state index contributed by atoms with van der Waals surface area (Å²) in [5, 5.41) is 17.4. The average molecular weight is 468 g/mol. The lowest BCUT2D eigenvalue weighted by Gasteiger charge is -2.15. The molecule has 2 aromatic heterocycles. The van der Waals surface area contributed by atoms with E-state index in [1.807, 2.05) is 0 Å². The van der Waals surface area contributed by atoms with Crippen LogP contribution in [0.4, 0.5) is 24.5 Å². The smallest absolute Gasteiger partial charge is 0.435 e. The third-order valence-corrected chi connectivity index (χ3v) is 5.54. The van der Waals surface area contributed by atoms with Gasteiger partial charge < -0.3 is 9.73 Å². The van der Waals surface area contributed by atoms with Gasteiger partial charge in [0.1, 0.15) is 5.76 Å². The van der Waals surface area contributed by atoms with Crippen LogP contribution in [0.25, 0.3) is 16.9 Å². The zero-order chi connectivity index (χ0) is 24.0. The summed E-state index contributed by atoms with van der Waals surface area (Å²) in [6.45, 7) is 0. The Morgan fingerprint density at radius 3 is 2.59 bits per heavy atom. The maximum absolute atomic E-state index is 13.7. The van der Waals surface area contributed by atoms with Crippen molar-refractivity contribution in [1.82, 2.24) is 9.78 Å². The highest BCUT2D eigenvalue weighted by Gasteiger charge is 2.41. The number of nitro groups is 1. The van der Waals surface area contributed by atoms with Crippen molar-refractivity contribution in [3.63, 3.8) is 0 Å². The topological polar surface area (TPSA) is 103 Å². The van der Waals surface area contributed by atoms with E-state index in [4.69, 9.17) is 4.42 Å². The molecule has 2 heterocycles. The standard InChI is InChI=1S/C23H15F3N4O4/c24-23(25,26)21-18-8-9-19-17(10-11-34-19)20(18)29(28-21)15-6-4-13(5-7-15)22(31)27-14-2-1-3-16(12-14)30(32)33/h1-7,10-12H,8-9H2,(H,27,31). The lowest BCUT2D eigenvalue weighted by atomic mass is 9.94. The average Bonchev–Trinajstić information content (AvgIpc) is 3.43. The monoisotopic (exact) mass is 468 g/mol. The zero-order valence-electron chi connectivity index (χ0n) is 17.3. The van der Waals surface area contributed by atoms with Gasteiger partial charge >= 0.3 is 6.18 Å². The molecule has 34 heavy (non-hydrogen) atoms. The molecule has 8 nitrogen and oxygen atoms in total. The number of anilines is 1. The number of non-ortho nitro benzene ring substituents is 1. The van der Waals surface area contributed by atoms with Gasteiger partial charge in [0.15, 0.2) is 5.69 Å². The normalized spacial score (nSPS) is 12.7. The molecular formula is C23H15F3N4O4. The minimum absolute atomic E-state index is 0.105. The first-order valence-corrected chi connectivity index (χ1v) is 10.1. The molecule has 1 aliphatic rings. The van der Waals surface area contributed by atoms with Gasteiger partial charge in [0.2, 0.25) is 0 Å². The van der Waals surface area contributed by atoms with Gasteiger partial charge in [0, 0.05) is 40.9 Å². The Morgan fingerprint density at radius 2 is 1.88 bits per heavy atom. The highest BCUT2D eigenvalue weighted by molar-refractivity contribution is 6.04. The fourth-order valence-corrected chi connectivity index (χ4v) is 4.02. The van der Waals surface area contributed by atoms with Gasteiger partial charge in [-0.05, 0) is 42.8 Å². The molecule has 0 bridgehead atoms. The Kier molecular flexibility index (Phi) is 4.96. The number of benzene rings is 2. The van der Waals surface area contributed by atoms with E-state index >= 15 is 0 Å². The van der Waals surface area contributed by atoms with Gasteiger partial charge in [-0.25, -0.2) is 4.68 Å². The van der Waals surface area contributed by atoms with E-state index in [0.29, 0.717) is 29.1 Å². The number of halogens is 3. The van der Waals surface area contributed by atoms with Crippen LogP contribution in [-0.4, -0.2) is 20.6 Å². The lowest BCUT2D eigenvalue weighted by molar-refractivity contribution is -0.384. The Labute approximate surface area is 189 Å². The number of rotatable bonds is 4. The fourth-order valence-electron chi connectivity index (χ4n) is 4.02. The number of nitrogens with one attached hydrogen (secondary N) is 1. The number of carbonyl (C=O) groups is 1. The van der Waals surface area contributed by atoms with Crippen LogP contribution in [-0.2, 0) is 19.0 Å². The summed E-state index contributed by atoms with van der Waals surface area (Å²) in [7, 11) is 0. The summed E-state index contributed by atoms with van der Waals surface area (Å²) in [5.74, 6) is 0.0676. The predicted octanol–water partition coefficient (Wildman–Crippen LogP) is 5.41. The first kappa shape index (κ1) is 21.4. The largest absolute Gasteiger partial charge is 0.469 e. The van der Waals surface area contributed by atoms with Crippen LogP contribution < -0.4 is 5.32 Å². The molecule has 11 heteroatoms. The fraction of sp³-hybridized carbons (Fsp3) is 0.130. The number of aromatic nitrogens is 2. The molecule has 0 fully saturated rings. The second-order valence-corrected chi connectivity index (χ2v) is 7.65. The van der Waals surface area contributed by atoms with Crippen molar-refractivity contribution in [3.05, 3.63) is 93.6 Å². The molecule has 1 aliphatic carbocycles. The number of hydrogen-bond acceptors (Lipinski definition) is 5. The molecule has 1 amide bonds. The van der Waals surface area contributed by atoms with Gasteiger partial charge in [0.25, 0.3) is 11.6 Å². The Hall–Kier alpha value is -4.41. The van der Waals surface area contributed by atoms with Crippen molar-refractivity contribution in [2.75, 3.05) is 5.32 Å². The van der Waals surface area contributed by atoms with E-state index in [-0.39, 0.29) is 28.9 Å². The minimum Gasteiger partial charge on any atom is -0.469 e. The molecule has 0 saturated carbocycles. The first-order valence-electron chi connectivity index (χ1n) is 10.1. The van der Waals surface area contributed by atoms with E-state index in [0.717, 1.165) is 0 Å². The molecule has 0 saturated heterocycles. The van der Waals surface area contributed by atoms with E-state index in [2.05, 4.69) is 10.4 Å². The second-order valence-electron chi connectivity index (χ2n) is 7.65. The molecule has 0 radical (unpaired) electrons. The van der Waals surface area contributed by atoms with E-state index in [1.54, 1.807) is 6.07 Å². The van der Waals surface area contributed by atoms with Crippen molar-refractivity contribution in [2.45, 2.75) is 19.0 Å². The number of hydrogen-bond donors (Lipinski definition) is 1. The number of carbonyl (C=O) groups excluding carboxylic acids is 1. The maximum atomic E-state index is 13.7. The van der Waals surface area contributed by atoms with Crippen molar-refractivity contribution in [3.8, 4) is 16.9 Å². The van der Waals surface area contributed by atoms with E-state index in [9.17, 15) is 28.1 Å². The summed E-state index contributed by atoms with van der Waals surface area (Å²) in [6.07, 6.45) is -2.68. The van der Waals surface area contributed by atoms with Gasteiger partial charge in [-0.1, -0.05) is 6.07 Å². The zero-order valence-corrected chi connectivity index (χ0v) is 17.3. The Balaban J connectivity index is 1.48. The number of furan rings is 1. The van der Waals surface area contributed by atoms with Gasteiger partial charge in [-0.3, -0.25) is 14.9 Å². The second kappa shape index (κ2) is 7.87. The third kappa shape index (κ3) is 3.70. The first-order chi connectivity index (χ1) is 16.2. The van der Waals surface area contributed by atoms with Crippen LogP contribution in [0.15, 0.2) is 65.3 Å². The summed E-state index contributed by atoms with van der Waals surface area (Å²) in [4.78, 5) is 22.9. The van der Waals surface area contributed by atoms with Crippen molar-refractivity contribution < 1.29 is 27.3 Å². The number of alkyl halides is 3. The summed E-state index contributed by atoms with van der Waals surface area (Å²) in [5.41, 5.74) is 0.662. The number of fused-ring (bicyclic) bond motifs is 3. The van der Waals surface area contributed by atoms with Gasteiger partial charge in [-0.2, -0.15) is 18.3 Å². The van der Waals surface area contributed by atoms with Crippen LogP contribution >= 0.6 is 0 Å². The predicted molar refractivity (Wildman–Crippen MR) is 115 cm³/mol. The highest BCUT2D eigenvalue weighted by Crippen LogP contribution is 2.42. The SMILES string of the molecule is O=C(Nc1cccc([N+](=O)[O-])c1)c1ccc(-n2nc(C(F)(F)F)c3c2-c2ccoc2CC3)cc1. The third-order valence-electron chi connectivity index (χ3n) is 5.54. The molecule has 172 valence electrons. The molecular weight excluding hydrogens is 453 g/mol. The van der Waals surface area contributed by atoms with Gasteiger partial charge in [0.05, 0.1) is 22.6 Å². The molecule has 0 aliphatic heterocycles. The summed E-state index contributed by atoms with van der Waals surface area (Å²) < 4.78 is 47.6. The molecule has 0 spiro atoms. The van der Waals surface area contributed by atoms with E-state index < -0.39 is 22.7 Å². The maximum Gasteiger partial charge on any atom is 0.435 e. The number of amides is 1. The lowest BCUT2D eigenvalue weighted by Crippen LogP contribution is -2.12. The van der Waals surface area contributed by atoms with Crippen LogP contribution in [0.2, 0.25) is 0 Å². The number of nitrogens with zero attached hydrogens (tertiary/aromatic N) is 3. The number of aryl methyl sites for hydroxylation is 1. The Morgan fingerprint density at radius 1 is 1.12 bits per heavy atom. The quantitative estimate of drug-likeness (QED) is 0.319. The van der Waals surface area contributed by atoms with Crippen molar-refractivity contribution >= 4 is 17.3 Å². The molecule has 5 rings (SSSR count). The Bertz CT molecular complexity index is 1420. The summed E-state index contributed by atoms with van der Waals surface area (Å²) >= 11 is 0. The van der Waals surface area contributed by atoms with E-state index in [1.165, 1.54) is 59.5 Å². The molecule has 1 N–H and O–H groups in total.